The standard InChI is InChI=1S/C15H13FN4O2S/c1-2-22-14(21)11-7-19-15(20-13(11)18)23-8-10-4-3-9(6-17)5-12(10)16/h3-5,7H,2,8H2,1H3,(H2,18,19,20). The highest BCUT2D eigenvalue weighted by molar-refractivity contribution is 7.98. The van der Waals surface area contributed by atoms with Crippen LogP contribution in [0.5, 0.6) is 0 Å². The van der Waals surface area contributed by atoms with E-state index in [1.807, 2.05) is 6.07 Å². The Kier molecular flexibility index (Phi) is 5.49. The van der Waals surface area contributed by atoms with Crippen molar-refractivity contribution in [3.63, 3.8) is 0 Å². The molecule has 0 spiro atoms. The maximum absolute atomic E-state index is 13.8. The topological polar surface area (TPSA) is 102 Å². The quantitative estimate of drug-likeness (QED) is 0.510. The van der Waals surface area contributed by atoms with Gasteiger partial charge in [0.2, 0.25) is 0 Å². The molecule has 8 heteroatoms. The van der Waals surface area contributed by atoms with E-state index >= 15 is 0 Å². The number of benzene rings is 1. The summed E-state index contributed by atoms with van der Waals surface area (Å²) >= 11 is 1.17. The van der Waals surface area contributed by atoms with Crippen LogP contribution in [-0.2, 0) is 10.5 Å². The van der Waals surface area contributed by atoms with Gasteiger partial charge in [-0.15, -0.1) is 0 Å². The minimum atomic E-state index is -0.584. The molecule has 0 fully saturated rings. The Bertz CT molecular complexity index is 777. The van der Waals surface area contributed by atoms with Crippen LogP contribution in [0.1, 0.15) is 28.4 Å². The fourth-order valence-corrected chi connectivity index (χ4v) is 2.50. The van der Waals surface area contributed by atoms with Crippen LogP contribution >= 0.6 is 11.8 Å². The fraction of sp³-hybridized carbons (Fsp3) is 0.200. The van der Waals surface area contributed by atoms with E-state index in [2.05, 4.69) is 9.97 Å². The zero-order valence-corrected chi connectivity index (χ0v) is 13.1. The van der Waals surface area contributed by atoms with Crippen molar-refractivity contribution in [2.45, 2.75) is 17.8 Å². The molecule has 0 saturated heterocycles. The molecule has 0 aliphatic rings. The first-order valence-electron chi connectivity index (χ1n) is 6.66. The highest BCUT2D eigenvalue weighted by atomic mass is 32.2. The van der Waals surface area contributed by atoms with Crippen LogP contribution < -0.4 is 5.73 Å². The van der Waals surface area contributed by atoms with Crippen LogP contribution in [0.25, 0.3) is 0 Å². The summed E-state index contributed by atoms with van der Waals surface area (Å²) in [6, 6.07) is 6.13. The summed E-state index contributed by atoms with van der Waals surface area (Å²) in [5.41, 5.74) is 6.49. The summed E-state index contributed by atoms with van der Waals surface area (Å²) in [6.45, 7) is 1.91. The van der Waals surface area contributed by atoms with Crippen molar-refractivity contribution in [1.29, 1.82) is 5.26 Å². The first-order valence-corrected chi connectivity index (χ1v) is 7.64. The van der Waals surface area contributed by atoms with Gasteiger partial charge in [0.1, 0.15) is 17.2 Å². The van der Waals surface area contributed by atoms with Crippen molar-refractivity contribution >= 4 is 23.5 Å². The predicted molar refractivity (Wildman–Crippen MR) is 83.1 cm³/mol. The minimum Gasteiger partial charge on any atom is -0.462 e. The van der Waals surface area contributed by atoms with Gasteiger partial charge in [0.05, 0.1) is 18.2 Å². The number of nitriles is 1. The average Bonchev–Trinajstić information content (AvgIpc) is 2.53. The zero-order valence-electron chi connectivity index (χ0n) is 12.2. The Morgan fingerprint density at radius 1 is 1.52 bits per heavy atom. The number of esters is 1. The lowest BCUT2D eigenvalue weighted by molar-refractivity contribution is 0.0526. The van der Waals surface area contributed by atoms with Crippen LogP contribution in [0.15, 0.2) is 29.6 Å². The minimum absolute atomic E-state index is 0.0150. The molecular weight excluding hydrogens is 319 g/mol. The van der Waals surface area contributed by atoms with Crippen molar-refractivity contribution < 1.29 is 13.9 Å². The normalized spacial score (nSPS) is 10.1. The summed E-state index contributed by atoms with van der Waals surface area (Å²) in [4.78, 5) is 19.6. The third-order valence-corrected chi connectivity index (χ3v) is 3.74. The van der Waals surface area contributed by atoms with Crippen LogP contribution in [0, 0.1) is 17.1 Å². The number of thioether (sulfide) groups is 1. The molecule has 1 aromatic heterocycles. The molecule has 0 aliphatic carbocycles. The molecule has 2 aromatic rings. The number of carbonyl (C=O) groups is 1. The van der Waals surface area contributed by atoms with Gasteiger partial charge in [-0.2, -0.15) is 5.26 Å². The number of ether oxygens (including phenoxy) is 1. The van der Waals surface area contributed by atoms with Crippen LogP contribution in [0.4, 0.5) is 10.2 Å². The highest BCUT2D eigenvalue weighted by Crippen LogP contribution is 2.23. The number of rotatable bonds is 5. The molecule has 2 N–H and O–H groups in total. The molecule has 0 unspecified atom stereocenters. The number of hydrogen-bond donors (Lipinski definition) is 1. The van der Waals surface area contributed by atoms with E-state index in [-0.39, 0.29) is 29.3 Å². The Labute approximate surface area is 136 Å². The number of halogens is 1. The Morgan fingerprint density at radius 3 is 2.91 bits per heavy atom. The lowest BCUT2D eigenvalue weighted by Gasteiger charge is -2.06. The van der Waals surface area contributed by atoms with Gasteiger partial charge in [-0.05, 0) is 24.6 Å². The molecule has 1 aromatic carbocycles. The van der Waals surface area contributed by atoms with E-state index in [4.69, 9.17) is 15.7 Å². The third-order valence-electron chi connectivity index (χ3n) is 2.83. The number of anilines is 1. The number of carbonyl (C=O) groups excluding carboxylic acids is 1. The van der Waals surface area contributed by atoms with Crippen molar-refractivity contribution in [2.24, 2.45) is 0 Å². The molecule has 0 amide bonds. The monoisotopic (exact) mass is 332 g/mol. The maximum Gasteiger partial charge on any atom is 0.343 e. The summed E-state index contributed by atoms with van der Waals surface area (Å²) in [7, 11) is 0. The van der Waals surface area contributed by atoms with Gasteiger partial charge in [-0.3, -0.25) is 0 Å². The van der Waals surface area contributed by atoms with E-state index in [0.29, 0.717) is 10.7 Å². The number of aromatic nitrogens is 2. The van der Waals surface area contributed by atoms with E-state index < -0.39 is 11.8 Å². The Morgan fingerprint density at radius 2 is 2.30 bits per heavy atom. The average molecular weight is 332 g/mol. The van der Waals surface area contributed by atoms with Gasteiger partial charge < -0.3 is 10.5 Å². The molecule has 6 nitrogen and oxygen atoms in total. The second-order valence-electron chi connectivity index (χ2n) is 4.38. The maximum atomic E-state index is 13.8. The van der Waals surface area contributed by atoms with Crippen molar-refractivity contribution in [3.05, 3.63) is 46.9 Å². The van der Waals surface area contributed by atoms with Gasteiger partial charge in [0.25, 0.3) is 0 Å². The Balaban J connectivity index is 2.08. The van der Waals surface area contributed by atoms with Crippen molar-refractivity contribution in [2.75, 3.05) is 12.3 Å². The summed E-state index contributed by atoms with van der Waals surface area (Å²) in [5, 5.41) is 9.03. The first kappa shape index (κ1) is 16.7. The molecule has 2 rings (SSSR count). The van der Waals surface area contributed by atoms with Crippen molar-refractivity contribution in [3.8, 4) is 6.07 Å². The largest absolute Gasteiger partial charge is 0.462 e. The molecule has 118 valence electrons. The van der Waals surface area contributed by atoms with Gasteiger partial charge in [-0.25, -0.2) is 19.2 Å². The second-order valence-corrected chi connectivity index (χ2v) is 5.32. The molecule has 0 radical (unpaired) electrons. The first-order chi connectivity index (χ1) is 11.0. The van der Waals surface area contributed by atoms with Gasteiger partial charge >= 0.3 is 5.97 Å². The van der Waals surface area contributed by atoms with Crippen molar-refractivity contribution in [1.82, 2.24) is 9.97 Å². The van der Waals surface area contributed by atoms with Gasteiger partial charge in [0.15, 0.2) is 5.16 Å². The molecule has 0 atom stereocenters. The van der Waals surface area contributed by atoms with Crippen LogP contribution in [0.3, 0.4) is 0 Å². The number of nitrogens with two attached hydrogens (primary N) is 1. The number of nitrogen functional groups attached to an aromatic ring is 1. The molecule has 1 heterocycles. The van der Waals surface area contributed by atoms with Gasteiger partial charge in [-0.1, -0.05) is 17.8 Å². The zero-order chi connectivity index (χ0) is 16.8. The predicted octanol–water partition coefficient (Wildman–Crippen LogP) is 2.54. The number of nitrogens with zero attached hydrogens (tertiary/aromatic N) is 3. The molecular formula is C15H13FN4O2S. The number of hydrogen-bond acceptors (Lipinski definition) is 7. The van der Waals surface area contributed by atoms with E-state index in [0.717, 1.165) is 0 Å². The lowest BCUT2D eigenvalue weighted by atomic mass is 10.1. The van der Waals surface area contributed by atoms with E-state index in [1.54, 1.807) is 6.92 Å². The van der Waals surface area contributed by atoms with Crippen LogP contribution in [0.2, 0.25) is 0 Å². The second kappa shape index (κ2) is 7.56. The molecule has 0 aliphatic heterocycles. The third kappa shape index (κ3) is 4.17. The molecule has 23 heavy (non-hydrogen) atoms. The molecule has 0 bridgehead atoms. The summed E-state index contributed by atoms with van der Waals surface area (Å²) < 4.78 is 18.6. The molecule has 0 saturated carbocycles. The fourth-order valence-electron chi connectivity index (χ4n) is 1.69. The summed E-state index contributed by atoms with van der Waals surface area (Å²) in [6.07, 6.45) is 1.29. The smallest absolute Gasteiger partial charge is 0.343 e. The SMILES string of the molecule is CCOC(=O)c1cnc(SCc2ccc(C#N)cc2F)nc1N. The Hall–Kier alpha value is -2.66. The lowest BCUT2D eigenvalue weighted by Crippen LogP contribution is -2.10. The summed E-state index contributed by atoms with van der Waals surface area (Å²) in [5.74, 6) is -0.760. The van der Waals surface area contributed by atoms with E-state index in [1.165, 1.54) is 36.2 Å². The van der Waals surface area contributed by atoms with E-state index in [9.17, 15) is 9.18 Å². The van der Waals surface area contributed by atoms with Crippen LogP contribution in [-0.4, -0.2) is 22.5 Å². The highest BCUT2D eigenvalue weighted by Gasteiger charge is 2.14. The van der Waals surface area contributed by atoms with Gasteiger partial charge in [0, 0.05) is 11.9 Å².